The number of nitrogens with zero attached hydrogens (tertiary/aromatic N) is 1. The number of hydrogen-bond acceptors (Lipinski definition) is 1. The van der Waals surface area contributed by atoms with Crippen LogP contribution in [-0.2, 0) is 4.79 Å². The highest BCUT2D eigenvalue weighted by molar-refractivity contribution is 9.10. The molecule has 16 heavy (non-hydrogen) atoms. The molecule has 0 bridgehead atoms. The Bertz CT molecular complexity index is 173. The molecule has 0 aliphatic carbocycles. The summed E-state index contributed by atoms with van der Waals surface area (Å²) in [6.07, 6.45) is 7.12. The van der Waals surface area contributed by atoms with Crippen LogP contribution in [0.3, 0.4) is 0 Å². The van der Waals surface area contributed by atoms with Crippen LogP contribution in [0.2, 0.25) is 0 Å². The third-order valence-corrected chi connectivity index (χ3v) is 3.11. The van der Waals surface area contributed by atoms with E-state index in [4.69, 9.17) is 0 Å². The van der Waals surface area contributed by atoms with Gasteiger partial charge in [-0.3, -0.25) is 4.79 Å². The second kappa shape index (κ2) is 10.1. The zero-order chi connectivity index (χ0) is 12.4. The average Bonchev–Trinajstić information content (AvgIpc) is 2.26. The predicted molar refractivity (Wildman–Crippen MR) is 74.0 cm³/mol. The maximum atomic E-state index is 11.9. The highest BCUT2D eigenvalue weighted by Crippen LogP contribution is 2.08. The fraction of sp³-hybridized carbons (Fsp3) is 0.923. The molecule has 0 saturated heterocycles. The van der Waals surface area contributed by atoms with Gasteiger partial charge in [-0.25, -0.2) is 0 Å². The highest BCUT2D eigenvalue weighted by atomic mass is 79.9. The van der Waals surface area contributed by atoms with Crippen LogP contribution in [-0.4, -0.2) is 28.7 Å². The maximum Gasteiger partial charge on any atom is 0.236 e. The van der Waals surface area contributed by atoms with Crippen LogP contribution < -0.4 is 0 Å². The van der Waals surface area contributed by atoms with Gasteiger partial charge < -0.3 is 4.90 Å². The van der Waals surface area contributed by atoms with E-state index >= 15 is 0 Å². The Balaban J connectivity index is 4.00. The number of amides is 1. The van der Waals surface area contributed by atoms with Gasteiger partial charge in [0.2, 0.25) is 5.91 Å². The lowest BCUT2D eigenvalue weighted by Crippen LogP contribution is -2.37. The number of alkyl halides is 1. The van der Waals surface area contributed by atoms with Gasteiger partial charge >= 0.3 is 0 Å². The summed E-state index contributed by atoms with van der Waals surface area (Å²) in [6, 6.07) is 0. The van der Waals surface area contributed by atoms with Crippen LogP contribution in [0.4, 0.5) is 0 Å². The van der Waals surface area contributed by atoms with E-state index in [1.54, 1.807) is 0 Å². The first-order valence-corrected chi connectivity index (χ1v) is 7.47. The molecule has 1 amide bonds. The fourth-order valence-electron chi connectivity index (χ4n) is 1.69. The molecule has 0 aromatic heterocycles. The Morgan fingerprint density at radius 2 is 1.50 bits per heavy atom. The van der Waals surface area contributed by atoms with Crippen LogP contribution in [0.15, 0.2) is 0 Å². The molecule has 1 atom stereocenters. The topological polar surface area (TPSA) is 20.3 Å². The van der Waals surface area contributed by atoms with Gasteiger partial charge in [0, 0.05) is 13.1 Å². The summed E-state index contributed by atoms with van der Waals surface area (Å²) >= 11 is 3.37. The summed E-state index contributed by atoms with van der Waals surface area (Å²) in [5, 5.41) is 0. The van der Waals surface area contributed by atoms with Crippen molar-refractivity contribution in [3.8, 4) is 0 Å². The average molecular weight is 292 g/mol. The third-order valence-electron chi connectivity index (χ3n) is 2.72. The zero-order valence-corrected chi connectivity index (χ0v) is 12.6. The van der Waals surface area contributed by atoms with Gasteiger partial charge in [-0.05, 0) is 19.8 Å². The molecule has 0 saturated carbocycles. The molecule has 2 nitrogen and oxygen atoms in total. The summed E-state index contributed by atoms with van der Waals surface area (Å²) in [7, 11) is 0. The summed E-state index contributed by atoms with van der Waals surface area (Å²) in [6.45, 7) is 8.14. The first-order chi connectivity index (χ1) is 7.63. The van der Waals surface area contributed by atoms with Crippen molar-refractivity contribution in [2.75, 3.05) is 13.1 Å². The molecule has 0 aromatic rings. The van der Waals surface area contributed by atoms with Crippen LogP contribution in [0.1, 0.15) is 59.3 Å². The van der Waals surface area contributed by atoms with Gasteiger partial charge in [0.1, 0.15) is 0 Å². The first-order valence-electron chi connectivity index (χ1n) is 6.56. The van der Waals surface area contributed by atoms with Crippen molar-refractivity contribution in [2.45, 2.75) is 64.1 Å². The Hall–Kier alpha value is -0.0500. The lowest BCUT2D eigenvalue weighted by Gasteiger charge is -2.24. The zero-order valence-electron chi connectivity index (χ0n) is 11.0. The summed E-state index contributed by atoms with van der Waals surface area (Å²) in [5.41, 5.74) is 0. The van der Waals surface area contributed by atoms with Crippen molar-refractivity contribution >= 4 is 21.8 Å². The van der Waals surface area contributed by atoms with E-state index in [0.717, 1.165) is 25.9 Å². The van der Waals surface area contributed by atoms with Crippen LogP contribution >= 0.6 is 15.9 Å². The van der Waals surface area contributed by atoms with Crippen molar-refractivity contribution in [1.29, 1.82) is 0 Å². The lowest BCUT2D eigenvalue weighted by molar-refractivity contribution is -0.130. The summed E-state index contributed by atoms with van der Waals surface area (Å²) in [5.74, 6) is 0.243. The van der Waals surface area contributed by atoms with Crippen molar-refractivity contribution in [2.24, 2.45) is 0 Å². The second-order valence-corrected chi connectivity index (χ2v) is 5.73. The molecule has 0 spiro atoms. The smallest absolute Gasteiger partial charge is 0.236 e. The minimum atomic E-state index is -0.0456. The van der Waals surface area contributed by atoms with Crippen LogP contribution in [0.5, 0.6) is 0 Å². The van der Waals surface area contributed by atoms with E-state index in [1.165, 1.54) is 25.7 Å². The van der Waals surface area contributed by atoms with Crippen molar-refractivity contribution < 1.29 is 4.79 Å². The van der Waals surface area contributed by atoms with E-state index < -0.39 is 0 Å². The molecule has 0 aliphatic rings. The monoisotopic (exact) mass is 291 g/mol. The molecule has 0 fully saturated rings. The Labute approximate surface area is 109 Å². The molecule has 0 radical (unpaired) electrons. The molecule has 0 aliphatic heterocycles. The van der Waals surface area contributed by atoms with E-state index in [1.807, 2.05) is 11.8 Å². The number of carbonyl (C=O) groups excluding carboxylic acids is 1. The summed E-state index contributed by atoms with van der Waals surface area (Å²) < 4.78 is 0. The van der Waals surface area contributed by atoms with Crippen molar-refractivity contribution in [3.63, 3.8) is 0 Å². The van der Waals surface area contributed by atoms with E-state index in [0.29, 0.717) is 0 Å². The predicted octanol–water partition coefficient (Wildman–Crippen LogP) is 3.98. The minimum Gasteiger partial charge on any atom is -0.342 e. The quantitative estimate of drug-likeness (QED) is 0.465. The molecular formula is C13H26BrNO. The molecule has 3 heteroatoms. The van der Waals surface area contributed by atoms with Crippen molar-refractivity contribution in [3.05, 3.63) is 0 Å². The molecular weight excluding hydrogens is 266 g/mol. The van der Waals surface area contributed by atoms with Gasteiger partial charge in [-0.1, -0.05) is 55.5 Å². The number of halogens is 1. The van der Waals surface area contributed by atoms with E-state index in [9.17, 15) is 4.79 Å². The first kappa shape index (κ1) is 16.0. The van der Waals surface area contributed by atoms with Crippen LogP contribution in [0.25, 0.3) is 0 Å². The standard InChI is InChI=1S/C13H26BrNO/c1-4-6-8-10-15(11-9-7-5-2)13(16)12(3)14/h12H,4-11H2,1-3H3. The third kappa shape index (κ3) is 7.26. The van der Waals surface area contributed by atoms with Gasteiger partial charge in [0.25, 0.3) is 0 Å². The fourth-order valence-corrected chi connectivity index (χ4v) is 1.98. The normalized spacial score (nSPS) is 12.5. The lowest BCUT2D eigenvalue weighted by atomic mass is 10.2. The number of rotatable bonds is 9. The number of carbonyl (C=O) groups is 1. The molecule has 1 unspecified atom stereocenters. The van der Waals surface area contributed by atoms with Gasteiger partial charge in [0.15, 0.2) is 0 Å². The van der Waals surface area contributed by atoms with Crippen LogP contribution in [0, 0.1) is 0 Å². The van der Waals surface area contributed by atoms with Crippen molar-refractivity contribution in [1.82, 2.24) is 4.90 Å². The van der Waals surface area contributed by atoms with Gasteiger partial charge in [0.05, 0.1) is 4.83 Å². The molecule has 0 heterocycles. The van der Waals surface area contributed by atoms with Gasteiger partial charge in [-0.2, -0.15) is 0 Å². The SMILES string of the molecule is CCCCCN(CCCCC)C(=O)C(C)Br. The molecule has 96 valence electrons. The Morgan fingerprint density at radius 3 is 1.81 bits per heavy atom. The number of hydrogen-bond donors (Lipinski definition) is 0. The number of unbranched alkanes of at least 4 members (excludes halogenated alkanes) is 4. The maximum absolute atomic E-state index is 11.9. The Morgan fingerprint density at radius 1 is 1.06 bits per heavy atom. The largest absolute Gasteiger partial charge is 0.342 e. The molecule has 0 rings (SSSR count). The van der Waals surface area contributed by atoms with E-state index in [-0.39, 0.29) is 10.7 Å². The Kier molecular flexibility index (Phi) is 10.1. The second-order valence-electron chi connectivity index (χ2n) is 4.36. The minimum absolute atomic E-state index is 0.0456. The van der Waals surface area contributed by atoms with E-state index in [2.05, 4.69) is 29.8 Å². The summed E-state index contributed by atoms with van der Waals surface area (Å²) in [4.78, 5) is 13.9. The highest BCUT2D eigenvalue weighted by Gasteiger charge is 2.16. The van der Waals surface area contributed by atoms with Gasteiger partial charge in [-0.15, -0.1) is 0 Å². The molecule has 0 N–H and O–H groups in total. The molecule has 0 aromatic carbocycles.